The van der Waals surface area contributed by atoms with E-state index in [9.17, 15) is 5.11 Å². The second kappa shape index (κ2) is 6.13. The van der Waals surface area contributed by atoms with Crippen molar-refractivity contribution < 1.29 is 14.3 Å². The van der Waals surface area contributed by atoms with Crippen molar-refractivity contribution in [1.29, 1.82) is 0 Å². The average molecular weight is 427 g/mol. The minimum Gasteiger partial charge on any atom is -0.472 e. The summed E-state index contributed by atoms with van der Waals surface area (Å²) in [6.07, 6.45) is 11.8. The van der Waals surface area contributed by atoms with Gasteiger partial charge in [0.25, 0.3) is 0 Å². The second-order valence-corrected chi connectivity index (χ2v) is 11.2. The highest BCUT2D eigenvalue weighted by atomic mass is 16.6. The van der Waals surface area contributed by atoms with Gasteiger partial charge in [-0.15, -0.1) is 5.10 Å². The SMILES string of the molecule is C[C@]12CC/C(=N\N=C(N)N)C[C@H]1CC[C@@H]1[C@@H]2CC[C@@]2(C)[C@@]13O[C@@H]3C[C@@]2(O)c1ccoc1. The Balaban J connectivity index is 1.31. The van der Waals surface area contributed by atoms with Crippen molar-refractivity contribution in [1.82, 2.24) is 0 Å². The quantitative estimate of drug-likeness (QED) is 0.290. The minimum atomic E-state index is -0.863. The van der Waals surface area contributed by atoms with Crippen molar-refractivity contribution in [2.75, 3.05) is 0 Å². The van der Waals surface area contributed by atoms with E-state index in [1.54, 1.807) is 12.5 Å². The molecule has 5 aliphatic rings. The molecule has 0 aromatic carbocycles. The summed E-state index contributed by atoms with van der Waals surface area (Å²) in [5.74, 6) is 1.77. The van der Waals surface area contributed by atoms with Crippen LogP contribution in [0.25, 0.3) is 0 Å². The number of fused-ring (bicyclic) bond motifs is 3. The lowest BCUT2D eigenvalue weighted by atomic mass is 9.43. The maximum Gasteiger partial charge on any atom is 0.211 e. The van der Waals surface area contributed by atoms with Crippen molar-refractivity contribution in [2.24, 2.45) is 50.3 Å². The highest BCUT2D eigenvalue weighted by Gasteiger charge is 2.84. The molecule has 0 amide bonds. The molecule has 8 atom stereocenters. The third-order valence-electron chi connectivity index (χ3n) is 10.4. The zero-order chi connectivity index (χ0) is 21.6. The van der Waals surface area contributed by atoms with Crippen molar-refractivity contribution >= 4 is 11.7 Å². The van der Waals surface area contributed by atoms with Crippen LogP contribution in [0, 0.1) is 28.6 Å². The number of hydrogen-bond donors (Lipinski definition) is 3. The van der Waals surface area contributed by atoms with E-state index in [0.717, 1.165) is 49.8 Å². The van der Waals surface area contributed by atoms with Gasteiger partial charge < -0.3 is 25.7 Å². The molecular formula is C24H34N4O3. The fraction of sp³-hybridized carbons (Fsp3) is 0.750. The largest absolute Gasteiger partial charge is 0.472 e. The molecule has 0 radical (unpaired) electrons. The van der Waals surface area contributed by atoms with Gasteiger partial charge in [-0.2, -0.15) is 5.10 Å². The summed E-state index contributed by atoms with van der Waals surface area (Å²) in [5.41, 5.74) is 11.9. The number of rotatable bonds is 2. The molecule has 0 bridgehead atoms. The third kappa shape index (κ3) is 2.31. The van der Waals surface area contributed by atoms with Gasteiger partial charge in [-0.25, -0.2) is 0 Å². The molecule has 168 valence electrons. The van der Waals surface area contributed by atoms with Crippen LogP contribution in [0.3, 0.4) is 0 Å². The molecule has 1 saturated heterocycles. The number of aliphatic hydroxyl groups is 1. The van der Waals surface area contributed by atoms with Crippen molar-refractivity contribution in [3.63, 3.8) is 0 Å². The van der Waals surface area contributed by atoms with E-state index in [1.165, 1.54) is 6.42 Å². The number of hydrogen-bond acceptors (Lipinski definition) is 5. The number of nitrogens with zero attached hydrogens (tertiary/aromatic N) is 2. The first-order chi connectivity index (χ1) is 14.7. The highest BCUT2D eigenvalue weighted by molar-refractivity contribution is 5.86. The van der Waals surface area contributed by atoms with Crippen LogP contribution in [-0.4, -0.2) is 28.5 Å². The molecule has 1 spiro atoms. The number of ether oxygens (including phenoxy) is 1. The first-order valence-corrected chi connectivity index (χ1v) is 11.8. The van der Waals surface area contributed by atoms with Crippen LogP contribution in [0.4, 0.5) is 0 Å². The monoisotopic (exact) mass is 426 g/mol. The van der Waals surface area contributed by atoms with Gasteiger partial charge in [0.1, 0.15) is 11.2 Å². The van der Waals surface area contributed by atoms with Crippen molar-refractivity contribution in [3.05, 3.63) is 24.2 Å². The first-order valence-electron chi connectivity index (χ1n) is 11.8. The average Bonchev–Trinajstić information content (AvgIpc) is 3.10. The van der Waals surface area contributed by atoms with Gasteiger partial charge in [0.15, 0.2) is 0 Å². The Morgan fingerprint density at radius 2 is 2.00 bits per heavy atom. The van der Waals surface area contributed by atoms with Crippen LogP contribution in [0.15, 0.2) is 33.2 Å². The lowest BCUT2D eigenvalue weighted by Crippen LogP contribution is -2.61. The van der Waals surface area contributed by atoms with Crippen LogP contribution in [-0.2, 0) is 10.3 Å². The van der Waals surface area contributed by atoms with Crippen LogP contribution < -0.4 is 11.5 Å². The summed E-state index contributed by atoms with van der Waals surface area (Å²) in [7, 11) is 0. The van der Waals surface area contributed by atoms with Gasteiger partial charge in [0, 0.05) is 23.1 Å². The molecule has 7 heteroatoms. The Morgan fingerprint density at radius 3 is 2.74 bits per heavy atom. The maximum atomic E-state index is 11.9. The summed E-state index contributed by atoms with van der Waals surface area (Å²) < 4.78 is 11.9. The molecule has 5 fully saturated rings. The summed E-state index contributed by atoms with van der Waals surface area (Å²) >= 11 is 0. The predicted molar refractivity (Wildman–Crippen MR) is 117 cm³/mol. The number of nitrogens with two attached hydrogens (primary N) is 2. The molecule has 31 heavy (non-hydrogen) atoms. The van der Waals surface area contributed by atoms with E-state index >= 15 is 0 Å². The normalized spacial score (nSPS) is 51.4. The fourth-order valence-electron chi connectivity index (χ4n) is 8.68. The highest BCUT2D eigenvalue weighted by Crippen LogP contribution is 2.78. The number of epoxide rings is 1. The molecule has 1 aromatic heterocycles. The van der Waals surface area contributed by atoms with E-state index < -0.39 is 5.60 Å². The maximum absolute atomic E-state index is 11.9. The topological polar surface area (TPSA) is 123 Å². The molecule has 1 aromatic rings. The van der Waals surface area contributed by atoms with E-state index in [4.69, 9.17) is 20.6 Å². The Kier molecular flexibility index (Phi) is 3.92. The van der Waals surface area contributed by atoms with Crippen LogP contribution in [0.1, 0.15) is 70.8 Å². The molecule has 6 rings (SSSR count). The lowest BCUT2D eigenvalue weighted by Gasteiger charge is -2.61. The Bertz CT molecular complexity index is 956. The lowest BCUT2D eigenvalue weighted by molar-refractivity contribution is -0.187. The van der Waals surface area contributed by atoms with E-state index in [1.807, 2.05) is 6.07 Å². The van der Waals surface area contributed by atoms with E-state index in [-0.39, 0.29) is 28.5 Å². The molecule has 4 saturated carbocycles. The first kappa shape index (κ1) is 19.8. The number of furan rings is 1. The minimum absolute atomic E-state index is 0.0264. The standard InChI is InChI=1S/C24H34N4O3/c1-21-8-5-16(27-28-20(25)26)11-14(21)3-4-18-17(21)6-9-22(2)23(29,15-7-10-30-13-15)12-19-24(18,22)31-19/h7,10,13-14,17-19,29H,3-6,8-9,11-12H2,1-2H3,(H4,25,26,28)/b27-16+/t14-,17+,18-,19-,21+,22-,23-,24-/m1/s1. The third-order valence-corrected chi connectivity index (χ3v) is 10.4. The molecule has 7 nitrogen and oxygen atoms in total. The van der Waals surface area contributed by atoms with Crippen LogP contribution in [0.5, 0.6) is 0 Å². The molecule has 2 heterocycles. The molecule has 5 N–H and O–H groups in total. The number of guanidine groups is 1. The van der Waals surface area contributed by atoms with Gasteiger partial charge in [-0.3, -0.25) is 0 Å². The molecule has 1 aliphatic heterocycles. The van der Waals surface area contributed by atoms with Gasteiger partial charge >= 0.3 is 0 Å². The van der Waals surface area contributed by atoms with Gasteiger partial charge in [0.05, 0.1) is 18.6 Å². The van der Waals surface area contributed by atoms with Crippen molar-refractivity contribution in [2.45, 2.75) is 82.5 Å². The van der Waals surface area contributed by atoms with Crippen LogP contribution in [0.2, 0.25) is 0 Å². The van der Waals surface area contributed by atoms with Crippen LogP contribution >= 0.6 is 0 Å². The summed E-state index contributed by atoms with van der Waals surface area (Å²) in [6, 6.07) is 1.94. The summed E-state index contributed by atoms with van der Waals surface area (Å²) in [5, 5.41) is 20.2. The summed E-state index contributed by atoms with van der Waals surface area (Å²) in [4.78, 5) is 0. The molecular weight excluding hydrogens is 392 g/mol. The summed E-state index contributed by atoms with van der Waals surface area (Å²) in [6.45, 7) is 4.78. The molecule has 4 aliphatic carbocycles. The van der Waals surface area contributed by atoms with Gasteiger partial charge in [-0.1, -0.05) is 13.8 Å². The van der Waals surface area contributed by atoms with Gasteiger partial charge in [-0.05, 0) is 74.2 Å². The Labute approximate surface area is 183 Å². The smallest absolute Gasteiger partial charge is 0.211 e. The second-order valence-electron chi connectivity index (χ2n) is 11.2. The fourth-order valence-corrected chi connectivity index (χ4v) is 8.68. The zero-order valence-electron chi connectivity index (χ0n) is 18.5. The Morgan fingerprint density at radius 1 is 1.16 bits per heavy atom. The zero-order valence-corrected chi connectivity index (χ0v) is 18.5. The van der Waals surface area contributed by atoms with Gasteiger partial charge in [0.2, 0.25) is 5.96 Å². The predicted octanol–water partition coefficient (Wildman–Crippen LogP) is 3.27. The van der Waals surface area contributed by atoms with E-state index in [2.05, 4.69) is 24.1 Å². The van der Waals surface area contributed by atoms with E-state index in [0.29, 0.717) is 24.2 Å². The van der Waals surface area contributed by atoms with Crippen molar-refractivity contribution in [3.8, 4) is 0 Å². The Hall–Kier alpha value is -1.86. The molecule has 0 unspecified atom stereocenters.